The summed E-state index contributed by atoms with van der Waals surface area (Å²) in [6.45, 7) is 5.68. The first-order chi connectivity index (χ1) is 9.26. The van der Waals surface area contributed by atoms with E-state index in [0.29, 0.717) is 19.6 Å². The summed E-state index contributed by atoms with van der Waals surface area (Å²) in [6, 6.07) is 9.95. The van der Waals surface area contributed by atoms with Crippen molar-refractivity contribution >= 4 is 5.91 Å². The van der Waals surface area contributed by atoms with Crippen LogP contribution in [0.5, 0.6) is 0 Å². The second-order valence-corrected chi connectivity index (χ2v) is 4.68. The van der Waals surface area contributed by atoms with Crippen molar-refractivity contribution < 1.29 is 4.79 Å². The number of carbonyl (C=O) groups is 1. The third kappa shape index (κ3) is 6.94. The molecule has 0 saturated heterocycles. The van der Waals surface area contributed by atoms with E-state index in [1.807, 2.05) is 30.3 Å². The van der Waals surface area contributed by atoms with Crippen molar-refractivity contribution in [1.82, 2.24) is 10.2 Å². The first kappa shape index (κ1) is 15.7. The van der Waals surface area contributed by atoms with Crippen LogP contribution in [0.3, 0.4) is 0 Å². The van der Waals surface area contributed by atoms with Gasteiger partial charge in [-0.1, -0.05) is 37.3 Å². The topological polar surface area (TPSA) is 58.4 Å². The number of nitrogens with one attached hydrogen (secondary N) is 1. The minimum Gasteiger partial charge on any atom is -0.351 e. The van der Waals surface area contributed by atoms with Gasteiger partial charge in [-0.2, -0.15) is 0 Å². The van der Waals surface area contributed by atoms with E-state index < -0.39 is 0 Å². The van der Waals surface area contributed by atoms with Gasteiger partial charge in [-0.3, -0.25) is 9.69 Å². The summed E-state index contributed by atoms with van der Waals surface area (Å²) in [4.78, 5) is 14.0. The van der Waals surface area contributed by atoms with Crippen molar-refractivity contribution in [2.24, 2.45) is 5.73 Å². The SMILES string of the molecule is CCCN(CCCN)CC(=O)NCc1ccccc1. The molecule has 4 heteroatoms. The molecule has 0 atom stereocenters. The van der Waals surface area contributed by atoms with Crippen LogP contribution in [0.1, 0.15) is 25.3 Å². The maximum atomic E-state index is 11.9. The molecule has 1 aromatic rings. The van der Waals surface area contributed by atoms with Crippen LogP contribution in [0, 0.1) is 0 Å². The van der Waals surface area contributed by atoms with Crippen molar-refractivity contribution in [3.63, 3.8) is 0 Å². The van der Waals surface area contributed by atoms with E-state index in [1.54, 1.807) is 0 Å². The second-order valence-electron chi connectivity index (χ2n) is 4.68. The molecule has 19 heavy (non-hydrogen) atoms. The van der Waals surface area contributed by atoms with Gasteiger partial charge in [0.15, 0.2) is 0 Å². The zero-order valence-electron chi connectivity index (χ0n) is 11.8. The summed E-state index contributed by atoms with van der Waals surface area (Å²) >= 11 is 0. The Morgan fingerprint density at radius 1 is 1.26 bits per heavy atom. The molecule has 0 saturated carbocycles. The van der Waals surface area contributed by atoms with Gasteiger partial charge in [-0.05, 0) is 38.0 Å². The fraction of sp³-hybridized carbons (Fsp3) is 0.533. The normalized spacial score (nSPS) is 10.7. The van der Waals surface area contributed by atoms with Gasteiger partial charge in [0.1, 0.15) is 0 Å². The number of rotatable bonds is 9. The fourth-order valence-corrected chi connectivity index (χ4v) is 1.96. The Morgan fingerprint density at radius 2 is 2.00 bits per heavy atom. The minimum absolute atomic E-state index is 0.0781. The quantitative estimate of drug-likeness (QED) is 0.707. The number of carbonyl (C=O) groups excluding carboxylic acids is 1. The number of hydrogen-bond donors (Lipinski definition) is 2. The van der Waals surface area contributed by atoms with Crippen molar-refractivity contribution in [2.75, 3.05) is 26.2 Å². The largest absolute Gasteiger partial charge is 0.351 e. The number of nitrogens with zero attached hydrogens (tertiary/aromatic N) is 1. The van der Waals surface area contributed by atoms with Crippen LogP contribution in [0.4, 0.5) is 0 Å². The number of nitrogens with two attached hydrogens (primary N) is 1. The molecule has 3 N–H and O–H groups in total. The lowest BCUT2D eigenvalue weighted by Gasteiger charge is -2.20. The number of hydrogen-bond acceptors (Lipinski definition) is 3. The highest BCUT2D eigenvalue weighted by atomic mass is 16.2. The first-order valence-corrected chi connectivity index (χ1v) is 6.99. The van der Waals surface area contributed by atoms with Gasteiger partial charge in [0.2, 0.25) is 5.91 Å². The Bertz CT molecular complexity index is 354. The van der Waals surface area contributed by atoms with Gasteiger partial charge in [0, 0.05) is 6.54 Å². The Morgan fingerprint density at radius 3 is 2.63 bits per heavy atom. The van der Waals surface area contributed by atoms with E-state index in [9.17, 15) is 4.79 Å². The molecule has 0 bridgehead atoms. The van der Waals surface area contributed by atoms with Gasteiger partial charge in [-0.15, -0.1) is 0 Å². The van der Waals surface area contributed by atoms with E-state index in [0.717, 1.165) is 31.5 Å². The third-order valence-corrected chi connectivity index (χ3v) is 2.92. The highest BCUT2D eigenvalue weighted by Crippen LogP contribution is 1.98. The molecule has 106 valence electrons. The van der Waals surface area contributed by atoms with Crippen LogP contribution < -0.4 is 11.1 Å². The maximum Gasteiger partial charge on any atom is 0.234 e. The van der Waals surface area contributed by atoms with E-state index in [-0.39, 0.29) is 5.91 Å². The molecule has 0 unspecified atom stereocenters. The predicted octanol–water partition coefficient (Wildman–Crippen LogP) is 1.36. The Hall–Kier alpha value is -1.39. The zero-order chi connectivity index (χ0) is 13.9. The zero-order valence-corrected chi connectivity index (χ0v) is 11.8. The van der Waals surface area contributed by atoms with Gasteiger partial charge >= 0.3 is 0 Å². The number of benzene rings is 1. The Kier molecular flexibility index (Phi) is 7.86. The molecule has 0 spiro atoms. The molecule has 0 aliphatic carbocycles. The first-order valence-electron chi connectivity index (χ1n) is 6.99. The summed E-state index contributed by atoms with van der Waals surface area (Å²) in [6.07, 6.45) is 1.99. The van der Waals surface area contributed by atoms with E-state index in [2.05, 4.69) is 17.1 Å². The van der Waals surface area contributed by atoms with E-state index >= 15 is 0 Å². The van der Waals surface area contributed by atoms with Crippen molar-refractivity contribution in [2.45, 2.75) is 26.3 Å². The predicted molar refractivity (Wildman–Crippen MR) is 78.7 cm³/mol. The highest BCUT2D eigenvalue weighted by molar-refractivity contribution is 5.77. The fourth-order valence-electron chi connectivity index (χ4n) is 1.96. The van der Waals surface area contributed by atoms with Gasteiger partial charge in [-0.25, -0.2) is 0 Å². The molecule has 1 rings (SSSR count). The summed E-state index contributed by atoms with van der Waals surface area (Å²) < 4.78 is 0. The van der Waals surface area contributed by atoms with Crippen molar-refractivity contribution in [3.8, 4) is 0 Å². The van der Waals surface area contributed by atoms with Crippen LogP contribution >= 0.6 is 0 Å². The second kappa shape index (κ2) is 9.53. The lowest BCUT2D eigenvalue weighted by atomic mass is 10.2. The van der Waals surface area contributed by atoms with Crippen LogP contribution in [-0.4, -0.2) is 37.0 Å². The standard InChI is InChI=1S/C15H25N3O/c1-2-10-18(11-6-9-16)13-15(19)17-12-14-7-4-3-5-8-14/h3-5,7-8H,2,6,9-13,16H2,1H3,(H,17,19). The lowest BCUT2D eigenvalue weighted by Crippen LogP contribution is -2.38. The molecule has 0 fully saturated rings. The highest BCUT2D eigenvalue weighted by Gasteiger charge is 2.09. The van der Waals surface area contributed by atoms with Gasteiger partial charge in [0.05, 0.1) is 6.54 Å². The van der Waals surface area contributed by atoms with Crippen LogP contribution in [-0.2, 0) is 11.3 Å². The molecular formula is C15H25N3O. The van der Waals surface area contributed by atoms with Crippen LogP contribution in [0.25, 0.3) is 0 Å². The summed E-state index contributed by atoms with van der Waals surface area (Å²) in [5.74, 6) is 0.0781. The molecule has 1 aromatic carbocycles. The Labute approximate surface area is 116 Å². The minimum atomic E-state index is 0.0781. The van der Waals surface area contributed by atoms with Crippen LogP contribution in [0.2, 0.25) is 0 Å². The molecule has 0 radical (unpaired) electrons. The smallest absolute Gasteiger partial charge is 0.234 e. The summed E-state index contributed by atoms with van der Waals surface area (Å²) in [5, 5.41) is 2.95. The summed E-state index contributed by atoms with van der Waals surface area (Å²) in [5.41, 5.74) is 6.64. The average Bonchev–Trinajstić information content (AvgIpc) is 2.44. The van der Waals surface area contributed by atoms with Gasteiger partial charge < -0.3 is 11.1 Å². The van der Waals surface area contributed by atoms with Crippen LogP contribution in [0.15, 0.2) is 30.3 Å². The third-order valence-electron chi connectivity index (χ3n) is 2.92. The lowest BCUT2D eigenvalue weighted by molar-refractivity contribution is -0.122. The monoisotopic (exact) mass is 263 g/mol. The van der Waals surface area contributed by atoms with Crippen molar-refractivity contribution in [1.29, 1.82) is 0 Å². The van der Waals surface area contributed by atoms with E-state index in [4.69, 9.17) is 5.73 Å². The van der Waals surface area contributed by atoms with E-state index in [1.165, 1.54) is 0 Å². The number of amides is 1. The average molecular weight is 263 g/mol. The molecule has 0 aliphatic rings. The molecule has 4 nitrogen and oxygen atoms in total. The Balaban J connectivity index is 2.31. The maximum absolute atomic E-state index is 11.9. The molecule has 0 heterocycles. The van der Waals surface area contributed by atoms with Gasteiger partial charge in [0.25, 0.3) is 0 Å². The molecule has 1 amide bonds. The van der Waals surface area contributed by atoms with Crippen molar-refractivity contribution in [3.05, 3.63) is 35.9 Å². The molecule has 0 aromatic heterocycles. The summed E-state index contributed by atoms with van der Waals surface area (Å²) in [7, 11) is 0. The molecule has 0 aliphatic heterocycles. The molecular weight excluding hydrogens is 238 g/mol.